The van der Waals surface area contributed by atoms with E-state index in [2.05, 4.69) is 29.2 Å². The molecule has 5 heteroatoms. The maximum absolute atomic E-state index is 6.34. The molecule has 0 spiro atoms. The molecule has 2 aromatic carbocycles. The predicted octanol–water partition coefficient (Wildman–Crippen LogP) is 5.70. The topological polar surface area (TPSA) is 91.0 Å². The van der Waals surface area contributed by atoms with Gasteiger partial charge in [0.1, 0.15) is 11.4 Å². The van der Waals surface area contributed by atoms with E-state index in [0.29, 0.717) is 17.0 Å². The van der Waals surface area contributed by atoms with Gasteiger partial charge in [0.05, 0.1) is 5.39 Å². The number of benzene rings is 2. The van der Waals surface area contributed by atoms with Crippen LogP contribution in [0.15, 0.2) is 83.5 Å². The predicted molar refractivity (Wildman–Crippen MR) is 122 cm³/mol. The molecule has 146 valence electrons. The van der Waals surface area contributed by atoms with Gasteiger partial charge in [-0.15, -0.1) is 0 Å². The Hall–Kier alpha value is -4.12. The largest absolute Gasteiger partial charge is 0.436 e. The summed E-state index contributed by atoms with van der Waals surface area (Å²) in [5, 5.41) is 0.775. The Morgan fingerprint density at radius 2 is 1.53 bits per heavy atom. The molecule has 0 saturated heterocycles. The lowest BCUT2D eigenvalue weighted by atomic mass is 9.97. The zero-order valence-corrected chi connectivity index (χ0v) is 16.5. The highest BCUT2D eigenvalue weighted by Gasteiger charge is 2.20. The molecule has 3 aromatic heterocycles. The summed E-state index contributed by atoms with van der Waals surface area (Å²) in [6.07, 6.45) is 3.59. The molecule has 4 N–H and O–H groups in total. The second-order valence-corrected chi connectivity index (χ2v) is 7.24. The molecule has 0 bridgehead atoms. The van der Waals surface area contributed by atoms with Gasteiger partial charge < -0.3 is 15.9 Å². The number of aryl methyl sites for hydroxylation is 1. The van der Waals surface area contributed by atoms with Crippen LogP contribution in [0.4, 0.5) is 11.6 Å². The lowest BCUT2D eigenvalue weighted by Crippen LogP contribution is -1.93. The van der Waals surface area contributed by atoms with Gasteiger partial charge in [-0.25, -0.2) is 0 Å². The number of furan rings is 1. The first kappa shape index (κ1) is 17.9. The summed E-state index contributed by atoms with van der Waals surface area (Å²) >= 11 is 0. The van der Waals surface area contributed by atoms with Gasteiger partial charge in [-0.3, -0.25) is 9.97 Å². The van der Waals surface area contributed by atoms with Gasteiger partial charge in [0.2, 0.25) is 5.88 Å². The molecule has 0 saturated carbocycles. The number of nitrogens with two attached hydrogens (primary N) is 2. The highest BCUT2D eigenvalue weighted by atomic mass is 16.3. The molecule has 30 heavy (non-hydrogen) atoms. The van der Waals surface area contributed by atoms with Crippen molar-refractivity contribution in [3.63, 3.8) is 0 Å². The first-order chi connectivity index (χ1) is 14.6. The fourth-order valence-corrected chi connectivity index (χ4v) is 3.76. The van der Waals surface area contributed by atoms with E-state index in [9.17, 15) is 0 Å². The number of anilines is 2. The summed E-state index contributed by atoms with van der Waals surface area (Å²) in [6, 6.07) is 22.4. The monoisotopic (exact) mass is 392 g/mol. The maximum Gasteiger partial charge on any atom is 0.215 e. The van der Waals surface area contributed by atoms with Crippen molar-refractivity contribution >= 4 is 22.5 Å². The Morgan fingerprint density at radius 3 is 2.33 bits per heavy atom. The quantitative estimate of drug-likeness (QED) is 0.411. The Balaban J connectivity index is 1.73. The fraction of sp³-hybridized carbons (Fsp3) is 0.0400. The number of aromatic nitrogens is 2. The second kappa shape index (κ2) is 7.04. The highest BCUT2D eigenvalue weighted by Crippen LogP contribution is 2.42. The van der Waals surface area contributed by atoms with Crippen molar-refractivity contribution in [2.75, 3.05) is 11.5 Å². The number of fused-ring (bicyclic) bond motifs is 1. The molecule has 0 amide bonds. The van der Waals surface area contributed by atoms with Crippen LogP contribution >= 0.6 is 0 Å². The summed E-state index contributed by atoms with van der Waals surface area (Å²) in [4.78, 5) is 8.98. The molecule has 0 unspecified atom stereocenters. The molecular formula is C25H20N4O. The van der Waals surface area contributed by atoms with Crippen LogP contribution in [0, 0.1) is 6.92 Å². The first-order valence-electron chi connectivity index (χ1n) is 9.67. The summed E-state index contributed by atoms with van der Waals surface area (Å²) in [7, 11) is 0. The van der Waals surface area contributed by atoms with E-state index < -0.39 is 0 Å². The van der Waals surface area contributed by atoms with E-state index in [1.807, 2.05) is 55.6 Å². The number of nitrogens with zero attached hydrogens (tertiary/aromatic N) is 2. The fourth-order valence-electron chi connectivity index (χ4n) is 3.76. The lowest BCUT2D eigenvalue weighted by molar-refractivity contribution is 0.638. The Kier molecular flexibility index (Phi) is 4.21. The van der Waals surface area contributed by atoms with Crippen LogP contribution in [0.25, 0.3) is 44.5 Å². The zero-order valence-electron chi connectivity index (χ0n) is 16.5. The average Bonchev–Trinajstić information content (AvgIpc) is 3.08. The molecule has 0 aliphatic rings. The van der Waals surface area contributed by atoms with Gasteiger partial charge in [-0.2, -0.15) is 0 Å². The summed E-state index contributed by atoms with van der Waals surface area (Å²) in [5.74, 6) is 0.200. The number of nitrogen functional groups attached to an aromatic ring is 2. The lowest BCUT2D eigenvalue weighted by Gasteiger charge is -2.09. The third-order valence-electron chi connectivity index (χ3n) is 5.23. The Bertz CT molecular complexity index is 1370. The maximum atomic E-state index is 6.34. The van der Waals surface area contributed by atoms with Crippen LogP contribution in [0.1, 0.15) is 5.69 Å². The first-order valence-corrected chi connectivity index (χ1v) is 9.67. The molecule has 5 nitrogen and oxygen atoms in total. The van der Waals surface area contributed by atoms with Crippen molar-refractivity contribution in [2.45, 2.75) is 6.92 Å². The van der Waals surface area contributed by atoms with Crippen LogP contribution < -0.4 is 11.5 Å². The summed E-state index contributed by atoms with van der Waals surface area (Å²) < 4.78 is 5.87. The number of pyridine rings is 2. The van der Waals surface area contributed by atoms with E-state index in [1.54, 1.807) is 6.20 Å². The minimum absolute atomic E-state index is 0.200. The second-order valence-electron chi connectivity index (χ2n) is 7.24. The number of hydrogen-bond acceptors (Lipinski definition) is 5. The van der Waals surface area contributed by atoms with E-state index >= 15 is 0 Å². The van der Waals surface area contributed by atoms with Gasteiger partial charge in [0.15, 0.2) is 5.58 Å². The minimum atomic E-state index is 0.200. The zero-order chi connectivity index (χ0) is 20.7. The molecule has 5 rings (SSSR count). The third-order valence-corrected chi connectivity index (χ3v) is 5.23. The molecule has 0 fully saturated rings. The smallest absolute Gasteiger partial charge is 0.215 e. The molecule has 0 radical (unpaired) electrons. The van der Waals surface area contributed by atoms with Gasteiger partial charge in [-0.05, 0) is 41.8 Å². The van der Waals surface area contributed by atoms with E-state index in [0.717, 1.165) is 38.9 Å². The van der Waals surface area contributed by atoms with Gasteiger partial charge >= 0.3 is 0 Å². The van der Waals surface area contributed by atoms with Gasteiger partial charge in [0.25, 0.3) is 0 Å². The van der Waals surface area contributed by atoms with E-state index in [4.69, 9.17) is 20.9 Å². The molecule has 5 aromatic rings. The molecule has 0 aliphatic carbocycles. The van der Waals surface area contributed by atoms with E-state index in [-0.39, 0.29) is 5.88 Å². The van der Waals surface area contributed by atoms with Gasteiger partial charge in [-0.1, -0.05) is 48.5 Å². The highest BCUT2D eigenvalue weighted by molar-refractivity contribution is 6.09. The van der Waals surface area contributed by atoms with Crippen molar-refractivity contribution in [2.24, 2.45) is 0 Å². The van der Waals surface area contributed by atoms with Crippen LogP contribution in [0.5, 0.6) is 0 Å². The van der Waals surface area contributed by atoms with Crippen molar-refractivity contribution in [1.82, 2.24) is 9.97 Å². The van der Waals surface area contributed by atoms with Crippen LogP contribution in [-0.2, 0) is 0 Å². The van der Waals surface area contributed by atoms with Crippen LogP contribution in [0.2, 0.25) is 0 Å². The van der Waals surface area contributed by atoms with Gasteiger partial charge in [0, 0.05) is 29.2 Å². The van der Waals surface area contributed by atoms with Crippen LogP contribution in [0.3, 0.4) is 0 Å². The molecule has 3 heterocycles. The van der Waals surface area contributed by atoms with Crippen molar-refractivity contribution in [3.05, 3.63) is 84.8 Å². The van der Waals surface area contributed by atoms with Crippen molar-refractivity contribution in [1.29, 1.82) is 0 Å². The molecule has 0 atom stereocenters. The van der Waals surface area contributed by atoms with E-state index in [1.165, 1.54) is 0 Å². The number of rotatable bonds is 3. The molecule has 0 aliphatic heterocycles. The van der Waals surface area contributed by atoms with Crippen molar-refractivity contribution < 1.29 is 4.42 Å². The van der Waals surface area contributed by atoms with Crippen LogP contribution in [-0.4, -0.2) is 9.97 Å². The van der Waals surface area contributed by atoms with Crippen molar-refractivity contribution in [3.8, 4) is 33.5 Å². The SMILES string of the molecule is Cc1cc(-c2ncc(-c3cccc(-c4ccccc4)c3)c3c(N)c(N)oc23)ccn1. The minimum Gasteiger partial charge on any atom is -0.436 e. The Labute approximate surface area is 174 Å². The average molecular weight is 392 g/mol. The molecular weight excluding hydrogens is 372 g/mol. The Morgan fingerprint density at radius 1 is 0.767 bits per heavy atom. The standard InChI is InChI=1S/C25H20N4O/c1-15-12-19(10-11-28-15)23-24-21(22(26)25(27)30-24)20(14-29-23)18-9-5-8-17(13-18)16-6-3-2-4-7-16/h2-14H,26-27H2,1H3. The third kappa shape index (κ3) is 2.97. The normalized spacial score (nSPS) is 11.1. The summed E-state index contributed by atoms with van der Waals surface area (Å²) in [5.41, 5.74) is 20.1. The summed E-state index contributed by atoms with van der Waals surface area (Å²) in [6.45, 7) is 1.94. The number of hydrogen-bond donors (Lipinski definition) is 2.